The van der Waals surface area contributed by atoms with Gasteiger partial charge in [-0.3, -0.25) is 14.2 Å². The highest BCUT2D eigenvalue weighted by atomic mass is 19.4. The zero-order valence-corrected chi connectivity index (χ0v) is 18.1. The van der Waals surface area contributed by atoms with Crippen molar-refractivity contribution in [2.45, 2.75) is 51.7 Å². The Kier molecular flexibility index (Phi) is 6.45. The molecule has 1 aromatic heterocycles. The Morgan fingerprint density at radius 2 is 1.97 bits per heavy atom. The number of alkyl halides is 3. The van der Waals surface area contributed by atoms with E-state index in [9.17, 15) is 22.4 Å². The minimum absolute atomic E-state index is 0.217. The van der Waals surface area contributed by atoms with Gasteiger partial charge in [0.25, 0.3) is 5.91 Å². The summed E-state index contributed by atoms with van der Waals surface area (Å²) in [6.45, 7) is 7.85. The molecule has 1 amide bonds. The van der Waals surface area contributed by atoms with Crippen molar-refractivity contribution in [3.63, 3.8) is 0 Å². The number of amides is 1. The van der Waals surface area contributed by atoms with E-state index in [4.69, 9.17) is 4.74 Å². The molecule has 9 heteroatoms. The molecule has 0 saturated carbocycles. The van der Waals surface area contributed by atoms with E-state index in [1.165, 1.54) is 0 Å². The SMILES string of the molecule is Cn1c(C(C)(C)C)cc(=NC(=O)c2cccc(C(F)(F)F)c2F)n1CC1CCCOC1. The topological polar surface area (TPSA) is 48.5 Å². The van der Waals surface area contributed by atoms with Crippen molar-refractivity contribution in [3.8, 4) is 0 Å². The van der Waals surface area contributed by atoms with Crippen molar-refractivity contribution >= 4 is 5.91 Å². The summed E-state index contributed by atoms with van der Waals surface area (Å²) in [4.78, 5) is 16.7. The van der Waals surface area contributed by atoms with Crippen LogP contribution in [0.2, 0.25) is 0 Å². The first-order valence-electron chi connectivity index (χ1n) is 10.2. The van der Waals surface area contributed by atoms with E-state index in [2.05, 4.69) is 4.99 Å². The van der Waals surface area contributed by atoms with Crippen LogP contribution in [-0.4, -0.2) is 28.5 Å². The monoisotopic (exact) mass is 441 g/mol. The van der Waals surface area contributed by atoms with E-state index in [1.54, 1.807) is 6.07 Å². The van der Waals surface area contributed by atoms with Crippen LogP contribution < -0.4 is 5.49 Å². The largest absolute Gasteiger partial charge is 0.419 e. The van der Waals surface area contributed by atoms with E-state index in [0.717, 1.165) is 30.7 Å². The standard InChI is InChI=1S/C22H27F4N3O2/c1-21(2,3)17-11-18(29(28(17)4)12-14-7-6-10-31-13-14)27-20(30)15-8-5-9-16(19(15)23)22(24,25)26/h5,8-9,11,14H,6-7,10,12-13H2,1-4H3. The second-order valence-corrected chi connectivity index (χ2v) is 8.91. The van der Waals surface area contributed by atoms with E-state index < -0.39 is 29.0 Å². The van der Waals surface area contributed by atoms with Gasteiger partial charge in [-0.15, -0.1) is 0 Å². The molecule has 0 aliphatic carbocycles. The molecule has 3 rings (SSSR count). The highest BCUT2D eigenvalue weighted by Crippen LogP contribution is 2.32. The fourth-order valence-electron chi connectivity index (χ4n) is 3.86. The van der Waals surface area contributed by atoms with E-state index >= 15 is 0 Å². The molecule has 31 heavy (non-hydrogen) atoms. The summed E-state index contributed by atoms with van der Waals surface area (Å²) in [5.74, 6) is -2.44. The number of hydrogen-bond donors (Lipinski definition) is 0. The van der Waals surface area contributed by atoms with Gasteiger partial charge < -0.3 is 4.74 Å². The fraction of sp³-hybridized carbons (Fsp3) is 0.545. The molecule has 170 valence electrons. The molecule has 1 fully saturated rings. The molecule has 0 N–H and O–H groups in total. The highest BCUT2D eigenvalue weighted by Gasteiger charge is 2.35. The van der Waals surface area contributed by atoms with Crippen LogP contribution >= 0.6 is 0 Å². The van der Waals surface area contributed by atoms with Crippen molar-refractivity contribution in [2.24, 2.45) is 18.0 Å². The minimum Gasteiger partial charge on any atom is -0.381 e. The quantitative estimate of drug-likeness (QED) is 0.661. The molecule has 1 saturated heterocycles. The third kappa shape index (κ3) is 5.08. The van der Waals surface area contributed by atoms with Gasteiger partial charge in [-0.25, -0.2) is 4.39 Å². The second-order valence-electron chi connectivity index (χ2n) is 8.91. The number of halogens is 4. The van der Waals surface area contributed by atoms with Gasteiger partial charge in [0, 0.05) is 43.3 Å². The van der Waals surface area contributed by atoms with Gasteiger partial charge in [-0.2, -0.15) is 18.2 Å². The van der Waals surface area contributed by atoms with Gasteiger partial charge in [0.2, 0.25) is 0 Å². The van der Waals surface area contributed by atoms with Crippen LogP contribution in [0, 0.1) is 11.7 Å². The maximum atomic E-state index is 14.4. The lowest BCUT2D eigenvalue weighted by Crippen LogP contribution is -2.31. The highest BCUT2D eigenvalue weighted by molar-refractivity contribution is 5.95. The van der Waals surface area contributed by atoms with Crippen LogP contribution in [0.15, 0.2) is 29.3 Å². The van der Waals surface area contributed by atoms with Crippen LogP contribution in [0.25, 0.3) is 0 Å². The van der Waals surface area contributed by atoms with E-state index in [1.807, 2.05) is 37.2 Å². The van der Waals surface area contributed by atoms with Gasteiger partial charge in [0.15, 0.2) is 5.49 Å². The second kappa shape index (κ2) is 8.61. The molecule has 1 atom stereocenters. The van der Waals surface area contributed by atoms with Crippen LogP contribution in [0.5, 0.6) is 0 Å². The zero-order chi connectivity index (χ0) is 23.0. The normalized spacial score (nSPS) is 18.5. The third-order valence-electron chi connectivity index (χ3n) is 5.45. The number of aromatic nitrogens is 2. The summed E-state index contributed by atoms with van der Waals surface area (Å²) in [5.41, 5.74) is -1.29. The Morgan fingerprint density at radius 1 is 1.26 bits per heavy atom. The predicted molar refractivity (Wildman–Crippen MR) is 107 cm³/mol. The number of nitrogens with zero attached hydrogens (tertiary/aromatic N) is 3. The summed E-state index contributed by atoms with van der Waals surface area (Å²) in [7, 11) is 1.85. The van der Waals surface area contributed by atoms with E-state index in [-0.39, 0.29) is 16.8 Å². The fourth-order valence-corrected chi connectivity index (χ4v) is 3.86. The molecule has 1 aromatic carbocycles. The van der Waals surface area contributed by atoms with Crippen LogP contribution in [0.1, 0.15) is 55.2 Å². The minimum atomic E-state index is -4.90. The summed E-state index contributed by atoms with van der Waals surface area (Å²) < 4.78 is 62.8. The van der Waals surface area contributed by atoms with Crippen LogP contribution in [0.4, 0.5) is 17.6 Å². The maximum Gasteiger partial charge on any atom is 0.419 e. The number of rotatable bonds is 3. The number of hydrogen-bond acceptors (Lipinski definition) is 2. The molecule has 0 radical (unpaired) electrons. The van der Waals surface area contributed by atoms with Crippen LogP contribution in [0.3, 0.4) is 0 Å². The molecule has 2 aromatic rings. The number of benzene rings is 1. The van der Waals surface area contributed by atoms with Crippen molar-refractivity contribution < 1.29 is 27.1 Å². The first-order chi connectivity index (χ1) is 14.4. The number of ether oxygens (including phenoxy) is 1. The summed E-state index contributed by atoms with van der Waals surface area (Å²) in [5, 5.41) is 0. The molecule has 1 aliphatic rings. The Labute approximate surface area is 178 Å². The smallest absolute Gasteiger partial charge is 0.381 e. The molecular weight excluding hydrogens is 414 g/mol. The molecule has 0 spiro atoms. The van der Waals surface area contributed by atoms with Crippen molar-refractivity contribution in [3.05, 3.63) is 52.4 Å². The van der Waals surface area contributed by atoms with E-state index in [0.29, 0.717) is 25.8 Å². The Hall–Kier alpha value is -2.42. The number of carbonyl (C=O) groups excluding carboxylic acids is 1. The molecule has 0 bridgehead atoms. The average molecular weight is 441 g/mol. The summed E-state index contributed by atoms with van der Waals surface area (Å²) in [6, 6.07) is 4.36. The Morgan fingerprint density at radius 3 is 2.55 bits per heavy atom. The lowest BCUT2D eigenvalue weighted by atomic mass is 9.92. The van der Waals surface area contributed by atoms with Crippen molar-refractivity contribution in [2.75, 3.05) is 13.2 Å². The lowest BCUT2D eigenvalue weighted by molar-refractivity contribution is -0.140. The van der Waals surface area contributed by atoms with Gasteiger partial charge in [0.05, 0.1) is 17.7 Å². The zero-order valence-electron chi connectivity index (χ0n) is 18.1. The van der Waals surface area contributed by atoms with Gasteiger partial charge in [-0.1, -0.05) is 26.8 Å². The van der Waals surface area contributed by atoms with Gasteiger partial charge in [-0.05, 0) is 25.0 Å². The first kappa shape index (κ1) is 23.2. The number of carbonyl (C=O) groups is 1. The van der Waals surface area contributed by atoms with Crippen molar-refractivity contribution in [1.82, 2.24) is 9.36 Å². The summed E-state index contributed by atoms with van der Waals surface area (Å²) in [6.07, 6.45) is -3.01. The predicted octanol–water partition coefficient (Wildman–Crippen LogP) is 4.45. The molecule has 5 nitrogen and oxygen atoms in total. The Bertz CT molecular complexity index is 1020. The maximum absolute atomic E-state index is 14.4. The first-order valence-corrected chi connectivity index (χ1v) is 10.2. The molecular formula is C22H27F4N3O2. The molecule has 1 aliphatic heterocycles. The van der Waals surface area contributed by atoms with Gasteiger partial charge in [0.1, 0.15) is 5.82 Å². The van der Waals surface area contributed by atoms with Gasteiger partial charge >= 0.3 is 6.18 Å². The Balaban J connectivity index is 2.07. The third-order valence-corrected chi connectivity index (χ3v) is 5.45. The van der Waals surface area contributed by atoms with Crippen molar-refractivity contribution in [1.29, 1.82) is 0 Å². The summed E-state index contributed by atoms with van der Waals surface area (Å²) >= 11 is 0. The lowest BCUT2D eigenvalue weighted by Gasteiger charge is -2.25. The van der Waals surface area contributed by atoms with Crippen LogP contribution in [-0.2, 0) is 29.9 Å². The molecule has 2 heterocycles. The average Bonchev–Trinajstić information content (AvgIpc) is 2.98. The molecule has 1 unspecified atom stereocenters.